The second-order valence-electron chi connectivity index (χ2n) is 6.73. The Hall–Kier alpha value is -3.51. The van der Waals surface area contributed by atoms with Crippen molar-refractivity contribution >= 4 is 23.4 Å². The van der Waals surface area contributed by atoms with Crippen LogP contribution in [0.4, 0.5) is 18.9 Å². The number of carbonyl (C=O) groups excluding carboxylic acids is 1. The third-order valence-corrected chi connectivity index (χ3v) is 5.70. The topological polar surface area (TPSA) is 75.0 Å². The molecule has 0 fully saturated rings. The molecule has 164 valence electrons. The van der Waals surface area contributed by atoms with Crippen molar-refractivity contribution in [3.8, 4) is 11.8 Å². The van der Waals surface area contributed by atoms with Crippen LogP contribution in [-0.2, 0) is 11.0 Å². The van der Waals surface area contributed by atoms with Crippen LogP contribution in [0.5, 0.6) is 5.75 Å². The zero-order chi connectivity index (χ0) is 23.3. The number of amides is 1. The molecule has 1 amide bonds. The van der Waals surface area contributed by atoms with E-state index in [4.69, 9.17) is 4.74 Å². The summed E-state index contributed by atoms with van der Waals surface area (Å²) in [5.74, 6) is 0.145. The lowest BCUT2D eigenvalue weighted by molar-refractivity contribution is -0.138. The molecular weight excluding hydrogens is 439 g/mol. The van der Waals surface area contributed by atoms with Gasteiger partial charge in [-0.25, -0.2) is 4.98 Å². The summed E-state index contributed by atoms with van der Waals surface area (Å²) >= 11 is 0.802. The van der Waals surface area contributed by atoms with Gasteiger partial charge >= 0.3 is 6.18 Å². The Kier molecular flexibility index (Phi) is 7.05. The molecule has 0 radical (unpaired) electrons. The van der Waals surface area contributed by atoms with E-state index in [-0.39, 0.29) is 10.7 Å². The summed E-state index contributed by atoms with van der Waals surface area (Å²) in [5.41, 5.74) is -0.528. The van der Waals surface area contributed by atoms with Crippen LogP contribution in [-0.4, -0.2) is 18.0 Å². The normalized spacial score (nSPS) is 12.0. The fraction of sp³-hybridized carbons (Fsp3) is 0.174. The Labute approximate surface area is 187 Å². The molecule has 1 aromatic heterocycles. The van der Waals surface area contributed by atoms with Gasteiger partial charge in [-0.15, -0.1) is 0 Å². The molecule has 3 rings (SSSR count). The maximum Gasteiger partial charge on any atom is 0.417 e. The average Bonchev–Trinajstić information content (AvgIpc) is 2.77. The van der Waals surface area contributed by atoms with Gasteiger partial charge < -0.3 is 10.1 Å². The number of nitrogens with one attached hydrogen (secondary N) is 1. The number of alkyl halides is 3. The second kappa shape index (κ2) is 9.75. The van der Waals surface area contributed by atoms with E-state index in [0.29, 0.717) is 17.0 Å². The first-order chi connectivity index (χ1) is 15.2. The minimum atomic E-state index is -4.72. The van der Waals surface area contributed by atoms with Crippen LogP contribution in [0.1, 0.15) is 27.6 Å². The van der Waals surface area contributed by atoms with Gasteiger partial charge in [0.1, 0.15) is 22.1 Å². The standard InChI is InChI=1S/C23H18F3N3O2S/c1-14-12-19(23(24,25)26)18(13-27)22(28-14)32-20(15-6-4-3-5-7-15)21(30)29-16-8-10-17(31-2)11-9-16/h3-12,20H,1-2H3,(H,29,30). The molecule has 1 N–H and O–H groups in total. The smallest absolute Gasteiger partial charge is 0.417 e. The van der Waals surface area contributed by atoms with Crippen LogP contribution in [0.3, 0.4) is 0 Å². The number of methoxy groups -OCH3 is 1. The highest BCUT2D eigenvalue weighted by Gasteiger charge is 2.36. The van der Waals surface area contributed by atoms with Crippen molar-refractivity contribution in [3.05, 3.63) is 83.0 Å². The number of nitriles is 1. The number of ether oxygens (including phenoxy) is 1. The Morgan fingerprint density at radius 2 is 1.81 bits per heavy atom. The SMILES string of the molecule is COc1ccc(NC(=O)C(Sc2nc(C)cc(C(F)(F)F)c2C#N)c2ccccc2)cc1. The summed E-state index contributed by atoms with van der Waals surface area (Å²) in [7, 11) is 1.52. The van der Waals surface area contributed by atoms with Crippen LogP contribution < -0.4 is 10.1 Å². The molecular formula is C23H18F3N3O2S. The Morgan fingerprint density at radius 1 is 1.16 bits per heavy atom. The predicted octanol–water partition coefficient (Wildman–Crippen LogP) is 5.76. The number of nitrogens with zero attached hydrogens (tertiary/aromatic N) is 2. The lowest BCUT2D eigenvalue weighted by Gasteiger charge is -2.19. The number of rotatable bonds is 6. The molecule has 1 heterocycles. The van der Waals surface area contributed by atoms with Gasteiger partial charge in [0.05, 0.1) is 18.2 Å². The number of hydrogen-bond donors (Lipinski definition) is 1. The summed E-state index contributed by atoms with van der Waals surface area (Å²) in [5, 5.41) is 11.1. The van der Waals surface area contributed by atoms with Crippen LogP contribution in [0.25, 0.3) is 0 Å². The molecule has 3 aromatic rings. The van der Waals surface area contributed by atoms with Crippen molar-refractivity contribution in [1.82, 2.24) is 4.98 Å². The lowest BCUT2D eigenvalue weighted by Crippen LogP contribution is -2.19. The summed E-state index contributed by atoms with van der Waals surface area (Å²) in [6, 6.07) is 17.7. The highest BCUT2D eigenvalue weighted by Crippen LogP contribution is 2.41. The molecule has 0 aliphatic carbocycles. The average molecular weight is 457 g/mol. The van der Waals surface area contributed by atoms with Gasteiger partial charge in [-0.2, -0.15) is 18.4 Å². The van der Waals surface area contributed by atoms with E-state index in [0.717, 1.165) is 17.8 Å². The number of aryl methyl sites for hydroxylation is 1. The molecule has 0 aliphatic rings. The van der Waals surface area contributed by atoms with Crippen molar-refractivity contribution in [2.24, 2.45) is 0 Å². The summed E-state index contributed by atoms with van der Waals surface area (Å²) < 4.78 is 45.6. The van der Waals surface area contributed by atoms with E-state index in [1.807, 2.05) is 0 Å². The van der Waals surface area contributed by atoms with Crippen LogP contribution in [0, 0.1) is 18.3 Å². The van der Waals surface area contributed by atoms with Gasteiger partial charge in [-0.1, -0.05) is 42.1 Å². The number of thioether (sulfide) groups is 1. The Morgan fingerprint density at radius 3 is 2.38 bits per heavy atom. The first-order valence-corrected chi connectivity index (χ1v) is 10.3. The maximum absolute atomic E-state index is 13.5. The molecule has 0 saturated heterocycles. The van der Waals surface area contributed by atoms with Gasteiger partial charge in [-0.3, -0.25) is 4.79 Å². The quantitative estimate of drug-likeness (QED) is 0.476. The first-order valence-electron chi connectivity index (χ1n) is 9.38. The van der Waals surface area contributed by atoms with E-state index in [1.165, 1.54) is 14.0 Å². The molecule has 9 heteroatoms. The highest BCUT2D eigenvalue weighted by molar-refractivity contribution is 8.00. The number of carbonyl (C=O) groups is 1. The van der Waals surface area contributed by atoms with E-state index < -0.39 is 28.5 Å². The summed E-state index contributed by atoms with van der Waals surface area (Å²) in [6.45, 7) is 1.41. The molecule has 1 unspecified atom stereocenters. The number of pyridine rings is 1. The van der Waals surface area contributed by atoms with Gasteiger partial charge in [0, 0.05) is 11.4 Å². The lowest BCUT2D eigenvalue weighted by atomic mass is 10.1. The van der Waals surface area contributed by atoms with Gasteiger partial charge in [0.15, 0.2) is 0 Å². The van der Waals surface area contributed by atoms with Crippen molar-refractivity contribution in [3.63, 3.8) is 0 Å². The van der Waals surface area contributed by atoms with Crippen LogP contribution >= 0.6 is 11.8 Å². The molecule has 0 bridgehead atoms. The zero-order valence-electron chi connectivity index (χ0n) is 17.1. The Balaban J connectivity index is 2.00. The van der Waals surface area contributed by atoms with E-state index in [1.54, 1.807) is 60.7 Å². The minimum absolute atomic E-state index is 0.0983. The third kappa shape index (κ3) is 5.39. The number of aromatic nitrogens is 1. The van der Waals surface area contributed by atoms with Crippen LogP contribution in [0.2, 0.25) is 0 Å². The largest absolute Gasteiger partial charge is 0.497 e. The number of anilines is 1. The monoisotopic (exact) mass is 457 g/mol. The third-order valence-electron chi connectivity index (χ3n) is 4.46. The van der Waals surface area contributed by atoms with E-state index in [2.05, 4.69) is 10.3 Å². The van der Waals surface area contributed by atoms with E-state index in [9.17, 15) is 23.2 Å². The van der Waals surface area contributed by atoms with Crippen LogP contribution in [0.15, 0.2) is 65.7 Å². The van der Waals surface area contributed by atoms with Gasteiger partial charge in [0.2, 0.25) is 5.91 Å². The first kappa shape index (κ1) is 23.2. The maximum atomic E-state index is 13.5. The zero-order valence-corrected chi connectivity index (χ0v) is 17.9. The van der Waals surface area contributed by atoms with Crippen molar-refractivity contribution in [2.45, 2.75) is 23.4 Å². The van der Waals surface area contributed by atoms with E-state index >= 15 is 0 Å². The van der Waals surface area contributed by atoms with Crippen molar-refractivity contribution in [1.29, 1.82) is 5.26 Å². The molecule has 0 saturated carbocycles. The molecule has 5 nitrogen and oxygen atoms in total. The fourth-order valence-corrected chi connectivity index (χ4v) is 4.11. The number of halogens is 3. The highest BCUT2D eigenvalue weighted by atomic mass is 32.2. The predicted molar refractivity (Wildman–Crippen MR) is 115 cm³/mol. The van der Waals surface area contributed by atoms with Crippen molar-refractivity contribution < 1.29 is 22.7 Å². The molecule has 2 aromatic carbocycles. The Bertz CT molecular complexity index is 1140. The summed E-state index contributed by atoms with van der Waals surface area (Å²) in [6.07, 6.45) is -4.72. The van der Waals surface area contributed by atoms with Gasteiger partial charge in [0.25, 0.3) is 0 Å². The van der Waals surface area contributed by atoms with Gasteiger partial charge in [-0.05, 0) is 42.8 Å². The fourth-order valence-electron chi connectivity index (χ4n) is 2.96. The minimum Gasteiger partial charge on any atom is -0.497 e. The summed E-state index contributed by atoms with van der Waals surface area (Å²) in [4.78, 5) is 17.3. The molecule has 32 heavy (non-hydrogen) atoms. The number of hydrogen-bond acceptors (Lipinski definition) is 5. The second-order valence-corrected chi connectivity index (χ2v) is 7.82. The molecule has 1 atom stereocenters. The van der Waals surface area contributed by atoms with Crippen molar-refractivity contribution in [2.75, 3.05) is 12.4 Å². The number of benzene rings is 2. The molecule has 0 spiro atoms. The molecule has 0 aliphatic heterocycles.